The van der Waals surface area contributed by atoms with E-state index in [4.69, 9.17) is 0 Å². The van der Waals surface area contributed by atoms with Crippen molar-refractivity contribution >= 4 is 11.9 Å². The van der Waals surface area contributed by atoms with Crippen molar-refractivity contribution in [1.82, 2.24) is 20.4 Å². The fraction of sp³-hybridized carbons (Fsp3) is 0.200. The molecule has 1 aliphatic heterocycles. The van der Waals surface area contributed by atoms with Gasteiger partial charge in [0, 0.05) is 25.4 Å². The molecule has 0 atom stereocenters. The Labute approximate surface area is 132 Å². The van der Waals surface area contributed by atoms with Gasteiger partial charge in [0.1, 0.15) is 5.75 Å². The smallest absolute Gasteiger partial charge is 0.262 e. The number of aliphatic imine (C=N–C) groups is 1. The molecule has 0 bridgehead atoms. The monoisotopic (exact) mass is 310 g/mol. The van der Waals surface area contributed by atoms with Gasteiger partial charge in [0.05, 0.1) is 29.4 Å². The molecule has 2 heterocycles. The zero-order chi connectivity index (χ0) is 16.4. The number of amides is 1. The number of hydrogen-bond acceptors (Lipinski definition) is 6. The number of nitrogens with zero attached hydrogens (tertiary/aromatic N) is 4. The minimum atomic E-state index is -0.538. The Balaban J connectivity index is 2.13. The number of carbonyl (C=O) groups excluding carboxylic acids is 1. The standard InChI is InChI=1S/C15H14N6O2/c1-21-10(4-5-19-21)12-9(8-16)2-3-11(22)13(12)14(23)20-15-17-6-7-18-15/h2-5,22H,6-7H2,1H3,(H2,17,18,20,23). The lowest BCUT2D eigenvalue weighted by molar-refractivity contribution is 0.0974. The molecule has 1 amide bonds. The molecule has 8 heteroatoms. The highest BCUT2D eigenvalue weighted by molar-refractivity contribution is 6.11. The van der Waals surface area contributed by atoms with Gasteiger partial charge < -0.3 is 10.4 Å². The lowest BCUT2D eigenvalue weighted by Gasteiger charge is -2.13. The van der Waals surface area contributed by atoms with Gasteiger partial charge in [-0.25, -0.2) is 0 Å². The number of hydrogen-bond donors (Lipinski definition) is 3. The normalized spacial score (nSPS) is 13.1. The van der Waals surface area contributed by atoms with Crippen LogP contribution in [0.3, 0.4) is 0 Å². The van der Waals surface area contributed by atoms with E-state index < -0.39 is 5.91 Å². The van der Waals surface area contributed by atoms with Crippen molar-refractivity contribution < 1.29 is 9.90 Å². The lowest BCUT2D eigenvalue weighted by Crippen LogP contribution is -2.38. The van der Waals surface area contributed by atoms with Crippen LogP contribution in [0.5, 0.6) is 5.75 Å². The van der Waals surface area contributed by atoms with E-state index in [0.29, 0.717) is 30.3 Å². The van der Waals surface area contributed by atoms with E-state index in [1.807, 2.05) is 6.07 Å². The molecule has 0 saturated carbocycles. The van der Waals surface area contributed by atoms with Gasteiger partial charge in [0.25, 0.3) is 5.91 Å². The first-order valence-corrected chi connectivity index (χ1v) is 6.96. The third-order valence-electron chi connectivity index (χ3n) is 3.51. The predicted molar refractivity (Wildman–Crippen MR) is 82.8 cm³/mol. The van der Waals surface area contributed by atoms with E-state index in [1.54, 1.807) is 19.3 Å². The molecule has 0 aliphatic carbocycles. The number of aromatic nitrogens is 2. The Morgan fingerprint density at radius 3 is 2.91 bits per heavy atom. The van der Waals surface area contributed by atoms with Crippen molar-refractivity contribution in [2.24, 2.45) is 12.0 Å². The first kappa shape index (κ1) is 14.6. The van der Waals surface area contributed by atoms with Crippen LogP contribution in [-0.4, -0.2) is 39.8 Å². The van der Waals surface area contributed by atoms with Gasteiger partial charge >= 0.3 is 0 Å². The maximum Gasteiger partial charge on any atom is 0.262 e. The molecule has 1 aromatic carbocycles. The molecule has 3 rings (SSSR count). The number of nitrogens with one attached hydrogen (secondary N) is 2. The fourth-order valence-corrected chi connectivity index (χ4v) is 2.45. The second-order valence-corrected chi connectivity index (χ2v) is 4.95. The van der Waals surface area contributed by atoms with Crippen LogP contribution in [0.1, 0.15) is 15.9 Å². The maximum absolute atomic E-state index is 12.6. The summed E-state index contributed by atoms with van der Waals surface area (Å²) in [5.74, 6) is -0.395. The van der Waals surface area contributed by atoms with Crippen LogP contribution >= 0.6 is 0 Å². The van der Waals surface area contributed by atoms with Gasteiger partial charge in [-0.1, -0.05) is 0 Å². The van der Waals surface area contributed by atoms with E-state index in [1.165, 1.54) is 16.8 Å². The van der Waals surface area contributed by atoms with Crippen LogP contribution in [0, 0.1) is 11.3 Å². The molecule has 1 aromatic heterocycles. The van der Waals surface area contributed by atoms with Crippen LogP contribution in [0.4, 0.5) is 0 Å². The topological polar surface area (TPSA) is 115 Å². The highest BCUT2D eigenvalue weighted by atomic mass is 16.3. The molecule has 23 heavy (non-hydrogen) atoms. The molecule has 0 spiro atoms. The quantitative estimate of drug-likeness (QED) is 0.740. The lowest BCUT2D eigenvalue weighted by atomic mass is 9.97. The predicted octanol–water partition coefficient (Wildman–Crippen LogP) is 0.353. The number of phenols is 1. The number of benzene rings is 1. The molecule has 116 valence electrons. The summed E-state index contributed by atoms with van der Waals surface area (Å²) in [4.78, 5) is 16.7. The van der Waals surface area contributed by atoms with Crippen LogP contribution in [0.15, 0.2) is 29.4 Å². The van der Waals surface area contributed by atoms with Crippen LogP contribution in [0.2, 0.25) is 0 Å². The van der Waals surface area contributed by atoms with Crippen LogP contribution < -0.4 is 10.6 Å². The first-order chi connectivity index (χ1) is 11.1. The summed E-state index contributed by atoms with van der Waals surface area (Å²) in [5.41, 5.74) is 1.19. The van der Waals surface area contributed by atoms with Gasteiger partial charge in [0.15, 0.2) is 5.96 Å². The molecule has 0 radical (unpaired) electrons. The van der Waals surface area contributed by atoms with Crippen molar-refractivity contribution in [3.8, 4) is 23.1 Å². The Morgan fingerprint density at radius 2 is 2.30 bits per heavy atom. The summed E-state index contributed by atoms with van der Waals surface area (Å²) in [6, 6.07) is 6.53. The average Bonchev–Trinajstić information content (AvgIpc) is 3.18. The van der Waals surface area contributed by atoms with Gasteiger partial charge in [0.2, 0.25) is 0 Å². The Hall–Kier alpha value is -3.34. The molecule has 2 aromatic rings. The summed E-state index contributed by atoms with van der Waals surface area (Å²) in [6.45, 7) is 1.23. The largest absolute Gasteiger partial charge is 0.507 e. The molecule has 3 N–H and O–H groups in total. The third kappa shape index (κ3) is 2.60. The molecule has 0 unspecified atom stereocenters. The highest BCUT2D eigenvalue weighted by Gasteiger charge is 2.24. The van der Waals surface area contributed by atoms with E-state index >= 15 is 0 Å². The molecule has 8 nitrogen and oxygen atoms in total. The van der Waals surface area contributed by atoms with Crippen molar-refractivity contribution in [2.45, 2.75) is 0 Å². The van der Waals surface area contributed by atoms with Crippen molar-refractivity contribution in [3.63, 3.8) is 0 Å². The molecule has 0 fully saturated rings. The average molecular weight is 310 g/mol. The van der Waals surface area contributed by atoms with E-state index in [-0.39, 0.29) is 16.9 Å². The minimum Gasteiger partial charge on any atom is -0.507 e. The highest BCUT2D eigenvalue weighted by Crippen LogP contribution is 2.33. The second kappa shape index (κ2) is 5.81. The summed E-state index contributed by atoms with van der Waals surface area (Å²) < 4.78 is 1.54. The number of nitriles is 1. The number of guanidine groups is 1. The Kier molecular flexibility index (Phi) is 3.68. The summed E-state index contributed by atoms with van der Waals surface area (Å²) >= 11 is 0. The van der Waals surface area contributed by atoms with E-state index in [0.717, 1.165) is 0 Å². The zero-order valence-corrected chi connectivity index (χ0v) is 12.4. The number of aromatic hydroxyl groups is 1. The van der Waals surface area contributed by atoms with Crippen molar-refractivity contribution in [3.05, 3.63) is 35.5 Å². The molecular formula is C15H14N6O2. The second-order valence-electron chi connectivity index (χ2n) is 4.95. The number of rotatable bonds is 2. The summed E-state index contributed by atoms with van der Waals surface area (Å²) in [7, 11) is 1.70. The third-order valence-corrected chi connectivity index (χ3v) is 3.51. The van der Waals surface area contributed by atoms with E-state index in [2.05, 4.69) is 20.7 Å². The number of aryl methyl sites for hydroxylation is 1. The fourth-order valence-electron chi connectivity index (χ4n) is 2.45. The van der Waals surface area contributed by atoms with Crippen molar-refractivity contribution in [1.29, 1.82) is 5.26 Å². The Morgan fingerprint density at radius 1 is 1.48 bits per heavy atom. The maximum atomic E-state index is 12.6. The first-order valence-electron chi connectivity index (χ1n) is 6.96. The number of carbonyl (C=O) groups is 1. The van der Waals surface area contributed by atoms with E-state index in [9.17, 15) is 15.2 Å². The summed E-state index contributed by atoms with van der Waals surface area (Å²) in [5, 5.41) is 29.1. The Bertz CT molecular complexity index is 846. The van der Waals surface area contributed by atoms with Gasteiger partial charge in [-0.05, 0) is 18.2 Å². The SMILES string of the molecule is Cn1nccc1-c1c(C#N)ccc(O)c1C(=O)NC1=NCCN1. The van der Waals surface area contributed by atoms with Gasteiger partial charge in [-0.15, -0.1) is 0 Å². The molecule has 0 saturated heterocycles. The minimum absolute atomic E-state index is 0.0176. The van der Waals surface area contributed by atoms with Gasteiger partial charge in [-0.2, -0.15) is 10.4 Å². The molecular weight excluding hydrogens is 296 g/mol. The van der Waals surface area contributed by atoms with Crippen molar-refractivity contribution in [2.75, 3.05) is 13.1 Å². The molecule has 1 aliphatic rings. The van der Waals surface area contributed by atoms with Crippen LogP contribution in [-0.2, 0) is 7.05 Å². The zero-order valence-electron chi connectivity index (χ0n) is 12.4. The van der Waals surface area contributed by atoms with Crippen LogP contribution in [0.25, 0.3) is 11.3 Å². The summed E-state index contributed by atoms with van der Waals surface area (Å²) in [6.07, 6.45) is 1.56. The van der Waals surface area contributed by atoms with Gasteiger partial charge in [-0.3, -0.25) is 19.8 Å². The number of phenolic OH excluding ortho intramolecular Hbond substituents is 1.